The quantitative estimate of drug-likeness (QED) is 0.732. The van der Waals surface area contributed by atoms with Crippen molar-refractivity contribution in [1.82, 2.24) is 4.90 Å². The first kappa shape index (κ1) is 15.0. The van der Waals surface area contributed by atoms with Crippen LogP contribution in [0, 0.1) is 5.92 Å². The highest BCUT2D eigenvalue weighted by Crippen LogP contribution is 2.17. The van der Waals surface area contributed by atoms with Crippen molar-refractivity contribution in [3.05, 3.63) is 0 Å². The second-order valence-corrected chi connectivity index (χ2v) is 5.04. The molecule has 1 saturated heterocycles. The monoisotopic (exact) mass is 257 g/mol. The number of hydrogen-bond donors (Lipinski definition) is 1. The van der Waals surface area contributed by atoms with Gasteiger partial charge in [0.2, 0.25) is 5.91 Å². The van der Waals surface area contributed by atoms with Crippen LogP contribution < -0.4 is 0 Å². The molecule has 5 nitrogen and oxygen atoms in total. The molecular formula is C13H23NO4. The minimum Gasteiger partial charge on any atom is -0.481 e. The summed E-state index contributed by atoms with van der Waals surface area (Å²) < 4.78 is 5.37. The molecule has 1 atom stereocenters. The minimum absolute atomic E-state index is 0.0494. The zero-order valence-electron chi connectivity index (χ0n) is 11.2. The molecule has 0 bridgehead atoms. The zero-order valence-corrected chi connectivity index (χ0v) is 11.2. The smallest absolute Gasteiger partial charge is 0.308 e. The number of hydrogen-bond acceptors (Lipinski definition) is 3. The number of ether oxygens (including phenoxy) is 1. The Balaban J connectivity index is 2.26. The highest BCUT2D eigenvalue weighted by atomic mass is 16.5. The van der Waals surface area contributed by atoms with Gasteiger partial charge in [-0.1, -0.05) is 0 Å². The summed E-state index contributed by atoms with van der Waals surface area (Å²) in [5, 5.41) is 8.96. The van der Waals surface area contributed by atoms with Crippen LogP contribution in [-0.4, -0.2) is 47.7 Å². The van der Waals surface area contributed by atoms with E-state index in [1.54, 1.807) is 4.90 Å². The Hall–Kier alpha value is -1.10. The molecule has 1 aliphatic heterocycles. The van der Waals surface area contributed by atoms with Gasteiger partial charge < -0.3 is 14.7 Å². The maximum absolute atomic E-state index is 11.9. The van der Waals surface area contributed by atoms with E-state index in [1.165, 1.54) is 0 Å². The number of carboxylic acid groups (broad SMARTS) is 1. The molecule has 0 spiro atoms. The van der Waals surface area contributed by atoms with Crippen molar-refractivity contribution in [3.63, 3.8) is 0 Å². The predicted molar refractivity (Wildman–Crippen MR) is 67.3 cm³/mol. The van der Waals surface area contributed by atoms with Crippen LogP contribution in [0.3, 0.4) is 0 Å². The van der Waals surface area contributed by atoms with Crippen molar-refractivity contribution in [2.24, 2.45) is 5.92 Å². The topological polar surface area (TPSA) is 66.8 Å². The molecule has 0 aromatic rings. The van der Waals surface area contributed by atoms with E-state index < -0.39 is 11.9 Å². The van der Waals surface area contributed by atoms with E-state index in [-0.39, 0.29) is 12.0 Å². The van der Waals surface area contributed by atoms with Gasteiger partial charge in [0.1, 0.15) is 0 Å². The third-order valence-electron chi connectivity index (χ3n) is 3.11. The number of carboxylic acids is 1. The van der Waals surface area contributed by atoms with Crippen LogP contribution in [0.15, 0.2) is 0 Å². The summed E-state index contributed by atoms with van der Waals surface area (Å²) in [6.07, 6.45) is 2.79. The van der Waals surface area contributed by atoms with Crippen molar-refractivity contribution in [2.75, 3.05) is 19.7 Å². The molecule has 1 unspecified atom stereocenters. The Morgan fingerprint density at radius 2 is 2.17 bits per heavy atom. The molecule has 0 saturated carbocycles. The molecule has 1 aliphatic rings. The van der Waals surface area contributed by atoms with Gasteiger partial charge in [0.25, 0.3) is 0 Å². The molecule has 0 aromatic carbocycles. The number of aliphatic carboxylic acids is 1. The SMILES string of the molecule is CC(C)OCCCC(=O)N1CCCC(C(=O)O)C1. The van der Waals surface area contributed by atoms with Gasteiger partial charge in [0.15, 0.2) is 0 Å². The second-order valence-electron chi connectivity index (χ2n) is 5.04. The van der Waals surface area contributed by atoms with Gasteiger partial charge in [-0.15, -0.1) is 0 Å². The summed E-state index contributed by atoms with van der Waals surface area (Å²) in [7, 11) is 0. The molecule has 0 aromatic heterocycles. The van der Waals surface area contributed by atoms with Crippen LogP contribution in [0.4, 0.5) is 0 Å². The molecule has 1 rings (SSSR count). The van der Waals surface area contributed by atoms with Crippen LogP contribution in [0.1, 0.15) is 39.5 Å². The number of likely N-dealkylation sites (tertiary alicyclic amines) is 1. The van der Waals surface area contributed by atoms with Gasteiger partial charge in [-0.05, 0) is 33.1 Å². The third kappa shape index (κ3) is 5.04. The number of rotatable bonds is 6. The van der Waals surface area contributed by atoms with Crippen LogP contribution >= 0.6 is 0 Å². The number of carbonyl (C=O) groups excluding carboxylic acids is 1. The molecular weight excluding hydrogens is 234 g/mol. The summed E-state index contributed by atoms with van der Waals surface area (Å²) in [4.78, 5) is 24.5. The average molecular weight is 257 g/mol. The summed E-state index contributed by atoms with van der Waals surface area (Å²) in [5.74, 6) is -1.14. The van der Waals surface area contributed by atoms with Gasteiger partial charge in [-0.25, -0.2) is 0 Å². The van der Waals surface area contributed by atoms with Crippen LogP contribution in [-0.2, 0) is 14.3 Å². The van der Waals surface area contributed by atoms with E-state index in [4.69, 9.17) is 9.84 Å². The summed E-state index contributed by atoms with van der Waals surface area (Å²) in [6.45, 7) is 5.56. The van der Waals surface area contributed by atoms with E-state index in [0.717, 1.165) is 6.42 Å². The van der Waals surface area contributed by atoms with Crippen LogP contribution in [0.2, 0.25) is 0 Å². The largest absolute Gasteiger partial charge is 0.481 e. The highest BCUT2D eigenvalue weighted by Gasteiger charge is 2.27. The fraction of sp³-hybridized carbons (Fsp3) is 0.846. The Bertz CT molecular complexity index is 291. The molecule has 104 valence electrons. The van der Waals surface area contributed by atoms with Crippen LogP contribution in [0.5, 0.6) is 0 Å². The second kappa shape index (κ2) is 7.36. The van der Waals surface area contributed by atoms with Crippen molar-refractivity contribution in [3.8, 4) is 0 Å². The van der Waals surface area contributed by atoms with E-state index in [0.29, 0.717) is 39.0 Å². The van der Waals surface area contributed by atoms with Gasteiger partial charge in [0, 0.05) is 26.1 Å². The van der Waals surface area contributed by atoms with Gasteiger partial charge in [-0.3, -0.25) is 9.59 Å². The third-order valence-corrected chi connectivity index (χ3v) is 3.11. The number of piperidine rings is 1. The average Bonchev–Trinajstić information content (AvgIpc) is 2.34. The molecule has 1 fully saturated rings. The first-order valence-corrected chi connectivity index (χ1v) is 6.63. The number of amides is 1. The molecule has 1 N–H and O–H groups in total. The van der Waals surface area contributed by atoms with Crippen LogP contribution in [0.25, 0.3) is 0 Å². The van der Waals surface area contributed by atoms with E-state index in [2.05, 4.69) is 0 Å². The predicted octanol–water partition coefficient (Wildman–Crippen LogP) is 1.51. The number of nitrogens with zero attached hydrogens (tertiary/aromatic N) is 1. The number of carbonyl (C=O) groups is 2. The lowest BCUT2D eigenvalue weighted by atomic mass is 9.98. The standard InChI is InChI=1S/C13H23NO4/c1-10(2)18-8-4-6-12(15)14-7-3-5-11(9-14)13(16)17/h10-11H,3-9H2,1-2H3,(H,16,17). The summed E-state index contributed by atoms with van der Waals surface area (Å²) in [6, 6.07) is 0. The first-order chi connectivity index (χ1) is 8.50. The van der Waals surface area contributed by atoms with Gasteiger partial charge in [-0.2, -0.15) is 0 Å². The summed E-state index contributed by atoms with van der Waals surface area (Å²) >= 11 is 0. The highest BCUT2D eigenvalue weighted by molar-refractivity contribution is 5.78. The normalized spacial score (nSPS) is 20.2. The molecule has 1 amide bonds. The molecule has 0 radical (unpaired) electrons. The first-order valence-electron chi connectivity index (χ1n) is 6.63. The fourth-order valence-corrected chi connectivity index (χ4v) is 2.11. The maximum atomic E-state index is 11.9. The Morgan fingerprint density at radius 1 is 1.44 bits per heavy atom. The zero-order chi connectivity index (χ0) is 13.5. The Kier molecular flexibility index (Phi) is 6.12. The van der Waals surface area contributed by atoms with Crippen molar-refractivity contribution in [2.45, 2.75) is 45.6 Å². The summed E-state index contributed by atoms with van der Waals surface area (Å²) in [5.41, 5.74) is 0. The Labute approximate surface area is 108 Å². The van der Waals surface area contributed by atoms with Crippen molar-refractivity contribution in [1.29, 1.82) is 0 Å². The molecule has 1 heterocycles. The van der Waals surface area contributed by atoms with Crippen molar-refractivity contribution < 1.29 is 19.4 Å². The lowest BCUT2D eigenvalue weighted by Gasteiger charge is -2.30. The van der Waals surface area contributed by atoms with Gasteiger partial charge in [0.05, 0.1) is 12.0 Å². The minimum atomic E-state index is -0.796. The molecule has 0 aliphatic carbocycles. The maximum Gasteiger partial charge on any atom is 0.308 e. The van der Waals surface area contributed by atoms with Gasteiger partial charge >= 0.3 is 5.97 Å². The van der Waals surface area contributed by atoms with E-state index in [9.17, 15) is 9.59 Å². The molecule has 18 heavy (non-hydrogen) atoms. The van der Waals surface area contributed by atoms with E-state index >= 15 is 0 Å². The Morgan fingerprint density at radius 3 is 2.78 bits per heavy atom. The van der Waals surface area contributed by atoms with Crippen molar-refractivity contribution >= 4 is 11.9 Å². The molecule has 5 heteroatoms. The fourth-order valence-electron chi connectivity index (χ4n) is 2.11. The lowest BCUT2D eigenvalue weighted by Crippen LogP contribution is -2.42. The lowest BCUT2D eigenvalue weighted by molar-refractivity contribution is -0.145. The van der Waals surface area contributed by atoms with E-state index in [1.807, 2.05) is 13.8 Å².